The highest BCUT2D eigenvalue weighted by molar-refractivity contribution is 8.00. The Morgan fingerprint density at radius 1 is 1.23 bits per heavy atom. The largest absolute Gasteiger partial charge is 0.342 e. The summed E-state index contributed by atoms with van der Waals surface area (Å²) >= 11 is 7.15. The first-order valence-electron chi connectivity index (χ1n) is 7.45. The van der Waals surface area contributed by atoms with Gasteiger partial charge in [0.2, 0.25) is 11.8 Å². The van der Waals surface area contributed by atoms with Crippen LogP contribution in [0.5, 0.6) is 0 Å². The molecular weight excluding hydrogens is 320 g/mol. The second-order valence-electron chi connectivity index (χ2n) is 5.61. The van der Waals surface area contributed by atoms with Gasteiger partial charge in [-0.1, -0.05) is 18.5 Å². The number of halogens is 1. The Morgan fingerprint density at radius 3 is 2.50 bits per heavy atom. The van der Waals surface area contributed by atoms with Crippen molar-refractivity contribution < 1.29 is 9.59 Å². The van der Waals surface area contributed by atoms with E-state index in [0.717, 1.165) is 25.9 Å². The third-order valence-electron chi connectivity index (χ3n) is 3.72. The summed E-state index contributed by atoms with van der Waals surface area (Å²) in [5.41, 5.74) is 0.714. The Balaban J connectivity index is 1.66. The van der Waals surface area contributed by atoms with E-state index in [-0.39, 0.29) is 17.6 Å². The Hall–Kier alpha value is -1.20. The molecule has 0 aromatic heterocycles. The maximum Gasteiger partial charge on any atom is 0.234 e. The standard InChI is InChI=1S/C16H21ClN2O2S/c1-12-6-8-19(9-7-12)16(21)11-22-10-15(20)18-14-4-2-13(17)3-5-14/h2-5,12H,6-11H2,1H3,(H,18,20). The van der Waals surface area contributed by atoms with Crippen LogP contribution in [0, 0.1) is 5.92 Å². The molecule has 0 atom stereocenters. The maximum atomic E-state index is 12.0. The number of carbonyl (C=O) groups is 2. The summed E-state index contributed by atoms with van der Waals surface area (Å²) in [6.45, 7) is 3.91. The summed E-state index contributed by atoms with van der Waals surface area (Å²) in [4.78, 5) is 25.8. The zero-order valence-corrected chi connectivity index (χ0v) is 14.3. The first-order chi connectivity index (χ1) is 10.5. The third-order valence-corrected chi connectivity index (χ3v) is 4.89. The molecule has 2 rings (SSSR count). The zero-order chi connectivity index (χ0) is 15.9. The van der Waals surface area contributed by atoms with Gasteiger partial charge in [-0.3, -0.25) is 9.59 Å². The van der Waals surface area contributed by atoms with Gasteiger partial charge in [-0.2, -0.15) is 0 Å². The van der Waals surface area contributed by atoms with E-state index in [0.29, 0.717) is 22.4 Å². The molecule has 0 aliphatic carbocycles. The summed E-state index contributed by atoms with van der Waals surface area (Å²) in [5, 5.41) is 3.42. The fraction of sp³-hybridized carbons (Fsp3) is 0.500. The normalized spacial score (nSPS) is 15.6. The molecule has 1 N–H and O–H groups in total. The minimum Gasteiger partial charge on any atom is -0.342 e. The number of carbonyl (C=O) groups excluding carboxylic acids is 2. The average molecular weight is 341 g/mol. The minimum absolute atomic E-state index is 0.104. The van der Waals surface area contributed by atoms with E-state index in [9.17, 15) is 9.59 Å². The third kappa shape index (κ3) is 5.54. The quantitative estimate of drug-likeness (QED) is 0.895. The van der Waals surface area contributed by atoms with Crippen LogP contribution in [0.15, 0.2) is 24.3 Å². The number of anilines is 1. The van der Waals surface area contributed by atoms with Gasteiger partial charge in [0.1, 0.15) is 0 Å². The molecule has 1 fully saturated rings. The zero-order valence-electron chi connectivity index (χ0n) is 12.7. The van der Waals surface area contributed by atoms with Crippen molar-refractivity contribution in [3.63, 3.8) is 0 Å². The van der Waals surface area contributed by atoms with Gasteiger partial charge >= 0.3 is 0 Å². The fourth-order valence-corrected chi connectivity index (χ4v) is 3.15. The van der Waals surface area contributed by atoms with Crippen LogP contribution in [0.3, 0.4) is 0 Å². The summed E-state index contributed by atoms with van der Waals surface area (Å²) < 4.78 is 0. The Labute approximate surface area is 140 Å². The predicted molar refractivity (Wildman–Crippen MR) is 92.4 cm³/mol. The lowest BCUT2D eigenvalue weighted by Gasteiger charge is -2.30. The highest BCUT2D eigenvalue weighted by Crippen LogP contribution is 2.17. The van der Waals surface area contributed by atoms with E-state index in [1.165, 1.54) is 11.8 Å². The van der Waals surface area contributed by atoms with Crippen molar-refractivity contribution in [2.24, 2.45) is 5.92 Å². The fourth-order valence-electron chi connectivity index (χ4n) is 2.31. The molecule has 1 aliphatic rings. The van der Waals surface area contributed by atoms with E-state index in [1.807, 2.05) is 4.90 Å². The number of amides is 2. The molecule has 2 amide bonds. The molecule has 6 heteroatoms. The maximum absolute atomic E-state index is 12.0. The molecule has 1 saturated heterocycles. The smallest absolute Gasteiger partial charge is 0.234 e. The molecule has 0 spiro atoms. The Morgan fingerprint density at radius 2 is 1.86 bits per heavy atom. The minimum atomic E-state index is -0.104. The van der Waals surface area contributed by atoms with Crippen molar-refractivity contribution in [1.82, 2.24) is 4.90 Å². The number of hydrogen-bond donors (Lipinski definition) is 1. The molecule has 0 bridgehead atoms. The average Bonchev–Trinajstić information content (AvgIpc) is 2.50. The van der Waals surface area contributed by atoms with Crippen molar-refractivity contribution in [3.8, 4) is 0 Å². The molecule has 1 aliphatic heterocycles. The number of nitrogens with one attached hydrogen (secondary N) is 1. The Bertz CT molecular complexity index is 513. The summed E-state index contributed by atoms with van der Waals surface area (Å²) in [7, 11) is 0. The van der Waals surface area contributed by atoms with Crippen LogP contribution in [-0.2, 0) is 9.59 Å². The topological polar surface area (TPSA) is 49.4 Å². The van der Waals surface area contributed by atoms with Gasteiger partial charge in [-0.25, -0.2) is 0 Å². The lowest BCUT2D eigenvalue weighted by atomic mass is 9.99. The molecule has 1 heterocycles. The van der Waals surface area contributed by atoms with Crippen LogP contribution in [0.4, 0.5) is 5.69 Å². The van der Waals surface area contributed by atoms with E-state index in [2.05, 4.69) is 12.2 Å². The van der Waals surface area contributed by atoms with E-state index in [1.54, 1.807) is 24.3 Å². The SMILES string of the molecule is CC1CCN(C(=O)CSCC(=O)Nc2ccc(Cl)cc2)CC1. The highest BCUT2D eigenvalue weighted by atomic mass is 35.5. The first-order valence-corrected chi connectivity index (χ1v) is 8.99. The van der Waals surface area contributed by atoms with Crippen LogP contribution >= 0.6 is 23.4 Å². The van der Waals surface area contributed by atoms with Crippen molar-refractivity contribution in [2.75, 3.05) is 29.9 Å². The number of benzene rings is 1. The highest BCUT2D eigenvalue weighted by Gasteiger charge is 2.20. The van der Waals surface area contributed by atoms with Crippen LogP contribution in [-0.4, -0.2) is 41.3 Å². The van der Waals surface area contributed by atoms with Gasteiger partial charge in [0.15, 0.2) is 0 Å². The second kappa shape index (κ2) is 8.44. The number of rotatable bonds is 5. The van der Waals surface area contributed by atoms with E-state index < -0.39 is 0 Å². The van der Waals surface area contributed by atoms with Crippen molar-refractivity contribution in [3.05, 3.63) is 29.3 Å². The van der Waals surface area contributed by atoms with Crippen LogP contribution in [0.25, 0.3) is 0 Å². The molecule has 1 aromatic rings. The monoisotopic (exact) mass is 340 g/mol. The van der Waals surface area contributed by atoms with E-state index in [4.69, 9.17) is 11.6 Å². The molecule has 22 heavy (non-hydrogen) atoms. The number of likely N-dealkylation sites (tertiary alicyclic amines) is 1. The molecular formula is C16H21ClN2O2S. The summed E-state index contributed by atoms with van der Waals surface area (Å²) in [6.07, 6.45) is 2.15. The number of thioether (sulfide) groups is 1. The molecule has 0 saturated carbocycles. The molecule has 120 valence electrons. The van der Waals surface area contributed by atoms with Gasteiger partial charge in [0.05, 0.1) is 11.5 Å². The van der Waals surface area contributed by atoms with Gasteiger partial charge < -0.3 is 10.2 Å². The molecule has 1 aromatic carbocycles. The van der Waals surface area contributed by atoms with E-state index >= 15 is 0 Å². The lowest BCUT2D eigenvalue weighted by Crippen LogP contribution is -2.39. The second-order valence-corrected chi connectivity index (χ2v) is 7.03. The molecule has 0 unspecified atom stereocenters. The summed E-state index contributed by atoms with van der Waals surface area (Å²) in [5.74, 6) is 1.38. The number of hydrogen-bond acceptors (Lipinski definition) is 3. The van der Waals surface area contributed by atoms with Gasteiger partial charge in [-0.05, 0) is 43.0 Å². The Kier molecular flexibility index (Phi) is 6.58. The van der Waals surface area contributed by atoms with Crippen LogP contribution in [0.1, 0.15) is 19.8 Å². The molecule has 0 radical (unpaired) electrons. The summed E-state index contributed by atoms with van der Waals surface area (Å²) in [6, 6.07) is 6.96. The molecule has 4 nitrogen and oxygen atoms in total. The number of nitrogens with zero attached hydrogens (tertiary/aromatic N) is 1. The van der Waals surface area contributed by atoms with Crippen molar-refractivity contribution in [2.45, 2.75) is 19.8 Å². The van der Waals surface area contributed by atoms with Crippen LogP contribution in [0.2, 0.25) is 5.02 Å². The number of piperidine rings is 1. The lowest BCUT2D eigenvalue weighted by molar-refractivity contribution is -0.129. The van der Waals surface area contributed by atoms with Crippen molar-refractivity contribution in [1.29, 1.82) is 0 Å². The van der Waals surface area contributed by atoms with Crippen molar-refractivity contribution >= 4 is 40.9 Å². The van der Waals surface area contributed by atoms with Gasteiger partial charge in [-0.15, -0.1) is 11.8 Å². The predicted octanol–water partition coefficient (Wildman–Crippen LogP) is 3.27. The first kappa shape index (κ1) is 17.2. The van der Waals surface area contributed by atoms with Crippen LogP contribution < -0.4 is 5.32 Å². The van der Waals surface area contributed by atoms with Gasteiger partial charge in [0, 0.05) is 23.8 Å². The van der Waals surface area contributed by atoms with Gasteiger partial charge in [0.25, 0.3) is 0 Å².